The number of ether oxygens (including phenoxy) is 2. The van der Waals surface area contributed by atoms with E-state index in [0.29, 0.717) is 6.42 Å². The van der Waals surface area contributed by atoms with Crippen molar-refractivity contribution in [1.82, 2.24) is 10.3 Å². The summed E-state index contributed by atoms with van der Waals surface area (Å²) < 4.78 is 10.9. The number of nitrogens with zero attached hydrogens (tertiary/aromatic N) is 1. The molecule has 0 radical (unpaired) electrons. The van der Waals surface area contributed by atoms with Gasteiger partial charge in [-0.15, -0.1) is 0 Å². The first-order chi connectivity index (χ1) is 14.7. The number of Topliss-reactive ketones (excluding diaryl/α,β-unsaturated/α-hetero) is 1. The van der Waals surface area contributed by atoms with Gasteiger partial charge < -0.3 is 14.8 Å². The van der Waals surface area contributed by atoms with Gasteiger partial charge in [0.15, 0.2) is 11.5 Å². The second-order valence-corrected chi connectivity index (χ2v) is 7.99. The summed E-state index contributed by atoms with van der Waals surface area (Å²) in [5, 5.41) is 3.15. The highest BCUT2D eigenvalue weighted by Gasteiger charge is 2.50. The fourth-order valence-electron chi connectivity index (χ4n) is 4.12. The zero-order chi connectivity index (χ0) is 20.6. The molecule has 0 atom stereocenters. The lowest BCUT2D eigenvalue weighted by Crippen LogP contribution is -2.23. The van der Waals surface area contributed by atoms with Gasteiger partial charge in [-0.25, -0.2) is 0 Å². The monoisotopic (exact) mass is 402 g/mol. The van der Waals surface area contributed by atoms with Crippen LogP contribution in [-0.2, 0) is 23.2 Å². The topological polar surface area (TPSA) is 60.5 Å². The normalized spacial score (nSPS) is 15.8. The van der Waals surface area contributed by atoms with Crippen LogP contribution >= 0.6 is 0 Å². The van der Waals surface area contributed by atoms with Crippen molar-refractivity contribution in [3.63, 3.8) is 0 Å². The average molecular weight is 402 g/mol. The van der Waals surface area contributed by atoms with Crippen LogP contribution in [0, 0.1) is 0 Å². The van der Waals surface area contributed by atoms with Gasteiger partial charge in [0.1, 0.15) is 5.78 Å². The Kier molecular flexibility index (Phi) is 4.75. The van der Waals surface area contributed by atoms with E-state index in [9.17, 15) is 4.79 Å². The number of ketones is 1. The quantitative estimate of drug-likeness (QED) is 0.639. The van der Waals surface area contributed by atoms with Crippen LogP contribution in [-0.4, -0.2) is 24.6 Å². The number of nitrogens with one attached hydrogen (secondary N) is 1. The van der Waals surface area contributed by atoms with Gasteiger partial charge in [0, 0.05) is 25.6 Å². The minimum Gasteiger partial charge on any atom is -0.454 e. The smallest absolute Gasteiger partial charge is 0.231 e. The molecule has 154 valence electrons. The van der Waals surface area contributed by atoms with Crippen molar-refractivity contribution in [3.8, 4) is 22.8 Å². The Morgan fingerprint density at radius 2 is 1.87 bits per heavy atom. The maximum Gasteiger partial charge on any atom is 0.231 e. The molecule has 5 heteroatoms. The number of hydrogen-bond acceptors (Lipinski definition) is 5. The molecule has 0 unspecified atom stereocenters. The van der Waals surface area contributed by atoms with Gasteiger partial charge in [0.2, 0.25) is 6.79 Å². The molecule has 2 aromatic carbocycles. The van der Waals surface area contributed by atoms with E-state index in [1.165, 1.54) is 5.56 Å². The molecule has 0 amide bonds. The Labute approximate surface area is 177 Å². The summed E-state index contributed by atoms with van der Waals surface area (Å²) in [7, 11) is 1.94. The van der Waals surface area contributed by atoms with E-state index >= 15 is 0 Å². The SMILES string of the molecule is CNCc1ccc(-c2cccc(CC(=O)C3(c4ccc5c(c4)OCO5)CC3)n2)cc1.[HH]. The summed E-state index contributed by atoms with van der Waals surface area (Å²) in [6, 6.07) is 20.1. The van der Waals surface area contributed by atoms with Crippen LogP contribution < -0.4 is 14.8 Å². The Morgan fingerprint density at radius 3 is 2.63 bits per heavy atom. The molecule has 1 aromatic heterocycles. The second-order valence-electron chi connectivity index (χ2n) is 7.99. The van der Waals surface area contributed by atoms with E-state index in [1.807, 2.05) is 43.4 Å². The van der Waals surface area contributed by atoms with Crippen molar-refractivity contribution in [3.05, 3.63) is 77.5 Å². The number of aromatic nitrogens is 1. The van der Waals surface area contributed by atoms with Crippen molar-refractivity contribution in [2.75, 3.05) is 13.8 Å². The highest BCUT2D eigenvalue weighted by Crippen LogP contribution is 2.51. The molecule has 5 nitrogen and oxygen atoms in total. The highest BCUT2D eigenvalue weighted by atomic mass is 16.7. The van der Waals surface area contributed by atoms with Crippen LogP contribution in [0.25, 0.3) is 11.3 Å². The Bertz CT molecular complexity index is 1090. The molecule has 0 saturated heterocycles. The number of hydrogen-bond donors (Lipinski definition) is 1. The van der Waals surface area contributed by atoms with Crippen LogP contribution in [0.1, 0.15) is 31.1 Å². The van der Waals surface area contributed by atoms with Crippen LogP contribution in [0.2, 0.25) is 0 Å². The molecule has 1 saturated carbocycles. The molecule has 2 aliphatic rings. The molecule has 3 aromatic rings. The minimum absolute atomic E-state index is 0. The van der Waals surface area contributed by atoms with Gasteiger partial charge in [0.25, 0.3) is 0 Å². The van der Waals surface area contributed by atoms with E-state index in [0.717, 1.165) is 53.4 Å². The largest absolute Gasteiger partial charge is 0.454 e. The van der Waals surface area contributed by atoms with Gasteiger partial charge in [-0.1, -0.05) is 36.4 Å². The summed E-state index contributed by atoms with van der Waals surface area (Å²) in [5.74, 6) is 1.70. The third-order valence-corrected chi connectivity index (χ3v) is 5.99. The van der Waals surface area contributed by atoms with Crippen molar-refractivity contribution in [2.24, 2.45) is 0 Å². The van der Waals surface area contributed by atoms with Crippen molar-refractivity contribution in [2.45, 2.75) is 31.2 Å². The zero-order valence-corrected chi connectivity index (χ0v) is 17.0. The number of carbonyl (C=O) groups is 1. The third-order valence-electron chi connectivity index (χ3n) is 5.99. The Hall–Kier alpha value is -3.18. The van der Waals surface area contributed by atoms with E-state index in [-0.39, 0.29) is 14.0 Å². The standard InChI is InChI=1S/C25H24N2O3.H2/c1-26-15-17-5-7-18(8-6-17)21-4-2-3-20(27-21)14-24(28)25(11-12-25)19-9-10-22-23(13-19)30-16-29-22;/h2-10,13,26H,11-12,14-16H2,1H3;1H. The highest BCUT2D eigenvalue weighted by molar-refractivity contribution is 5.94. The third kappa shape index (κ3) is 3.46. The summed E-state index contributed by atoms with van der Waals surface area (Å²) >= 11 is 0. The average Bonchev–Trinajstić information content (AvgIpc) is 3.46. The number of benzene rings is 2. The molecule has 1 N–H and O–H groups in total. The summed E-state index contributed by atoms with van der Waals surface area (Å²) in [6.45, 7) is 1.08. The number of rotatable bonds is 7. The number of fused-ring (bicyclic) bond motifs is 1. The molecule has 1 fully saturated rings. The Morgan fingerprint density at radius 1 is 1.07 bits per heavy atom. The molecule has 0 bridgehead atoms. The lowest BCUT2D eigenvalue weighted by molar-refractivity contribution is -0.120. The van der Waals surface area contributed by atoms with Crippen LogP contribution in [0.5, 0.6) is 11.5 Å². The number of carbonyl (C=O) groups excluding carboxylic acids is 1. The predicted octanol–water partition coefficient (Wildman–Crippen LogP) is 4.29. The number of pyridine rings is 1. The maximum absolute atomic E-state index is 13.2. The molecule has 1 aliphatic carbocycles. The maximum atomic E-state index is 13.2. The first-order valence-electron chi connectivity index (χ1n) is 10.3. The van der Waals surface area contributed by atoms with E-state index in [2.05, 4.69) is 29.6 Å². The van der Waals surface area contributed by atoms with Gasteiger partial charge >= 0.3 is 0 Å². The molecule has 30 heavy (non-hydrogen) atoms. The fourth-order valence-corrected chi connectivity index (χ4v) is 4.12. The molecule has 1 aliphatic heterocycles. The van der Waals surface area contributed by atoms with Gasteiger partial charge in [0.05, 0.1) is 11.1 Å². The molecular formula is C25H26N2O3. The fraction of sp³-hybridized carbons (Fsp3) is 0.280. The Balaban J connectivity index is 0.00000231. The van der Waals surface area contributed by atoms with Gasteiger partial charge in [-0.2, -0.15) is 0 Å². The predicted molar refractivity (Wildman–Crippen MR) is 117 cm³/mol. The van der Waals surface area contributed by atoms with Crippen molar-refractivity contribution in [1.29, 1.82) is 0 Å². The van der Waals surface area contributed by atoms with Crippen molar-refractivity contribution >= 4 is 5.78 Å². The first kappa shape index (κ1) is 18.8. The second kappa shape index (κ2) is 7.58. The first-order valence-corrected chi connectivity index (χ1v) is 10.3. The zero-order valence-electron chi connectivity index (χ0n) is 17.0. The molecular weight excluding hydrogens is 376 g/mol. The summed E-state index contributed by atoms with van der Waals surface area (Å²) in [6.07, 6.45) is 2.08. The molecule has 5 rings (SSSR count). The van der Waals surface area contributed by atoms with E-state index < -0.39 is 5.41 Å². The summed E-state index contributed by atoms with van der Waals surface area (Å²) in [5.41, 5.74) is 4.60. The van der Waals surface area contributed by atoms with Crippen molar-refractivity contribution < 1.29 is 15.7 Å². The van der Waals surface area contributed by atoms with Gasteiger partial charge in [-0.05, 0) is 55.3 Å². The van der Waals surface area contributed by atoms with Crippen LogP contribution in [0.15, 0.2) is 60.7 Å². The lowest BCUT2D eigenvalue weighted by atomic mass is 9.88. The van der Waals surface area contributed by atoms with Gasteiger partial charge in [-0.3, -0.25) is 9.78 Å². The molecule has 0 spiro atoms. The van der Waals surface area contributed by atoms with Crippen LogP contribution in [0.4, 0.5) is 0 Å². The van der Waals surface area contributed by atoms with Crippen LogP contribution in [0.3, 0.4) is 0 Å². The minimum atomic E-state index is -0.409. The lowest BCUT2D eigenvalue weighted by Gasteiger charge is -2.15. The van der Waals surface area contributed by atoms with E-state index in [4.69, 9.17) is 14.5 Å². The van der Waals surface area contributed by atoms with E-state index in [1.54, 1.807) is 0 Å². The summed E-state index contributed by atoms with van der Waals surface area (Å²) in [4.78, 5) is 18.0. The molecule has 2 heterocycles.